The zero-order valence-electron chi connectivity index (χ0n) is 20.7. The number of hydrogen-bond donors (Lipinski definition) is 0. The van der Waals surface area contributed by atoms with Crippen LogP contribution in [0.3, 0.4) is 0 Å². The monoisotopic (exact) mass is 714 g/mol. The Morgan fingerprint density at radius 2 is 0.558 bits per heavy atom. The number of hydrogen-bond acceptors (Lipinski definition) is 0. The van der Waals surface area contributed by atoms with E-state index >= 15 is 0 Å². The van der Waals surface area contributed by atoms with Gasteiger partial charge in [0.25, 0.3) is 0 Å². The van der Waals surface area contributed by atoms with Crippen LogP contribution in [0.15, 0.2) is 67.1 Å². The molecule has 0 N–H and O–H groups in total. The first kappa shape index (κ1) is 35.3. The number of allylic oxidation sites excluding steroid dienone is 12. The summed E-state index contributed by atoms with van der Waals surface area (Å²) in [6.07, 6.45) is -43.0. The number of alkyl halides is 18. The van der Waals surface area contributed by atoms with Gasteiger partial charge in [-0.25, -0.2) is 0 Å². The first-order chi connectivity index (χ1) is 19.1. The quantitative estimate of drug-likeness (QED) is 0.202. The SMILES string of the molecule is FC(F)(F)C1(C(F)(F)F)C=CC=[C]([Ga]([C]2=CC=CC(C(F)(F)F)(C(F)(F)F)C2)[C]2=CC=CC(C(F)(F)F)(C(F)(F)F)C2)C1. The summed E-state index contributed by atoms with van der Waals surface area (Å²) in [7, 11) is 0. The van der Waals surface area contributed by atoms with Gasteiger partial charge < -0.3 is 0 Å². The summed E-state index contributed by atoms with van der Waals surface area (Å²) in [6, 6.07) is 0. The van der Waals surface area contributed by atoms with E-state index in [0.717, 1.165) is 0 Å². The van der Waals surface area contributed by atoms with E-state index in [0.29, 0.717) is 18.2 Å². The van der Waals surface area contributed by atoms with Gasteiger partial charge in [-0.05, 0) is 0 Å². The molecule has 3 aliphatic carbocycles. The van der Waals surface area contributed by atoms with Crippen molar-refractivity contribution in [3.63, 3.8) is 0 Å². The van der Waals surface area contributed by atoms with Gasteiger partial charge in [0, 0.05) is 0 Å². The molecular formula is C24H15F18Ga. The van der Waals surface area contributed by atoms with Crippen molar-refractivity contribution in [2.75, 3.05) is 0 Å². The maximum absolute atomic E-state index is 13.9. The average molecular weight is 715 g/mol. The Kier molecular flexibility index (Phi) is 8.57. The van der Waals surface area contributed by atoms with Crippen LogP contribution in [-0.4, -0.2) is 53.3 Å². The van der Waals surface area contributed by atoms with E-state index in [2.05, 4.69) is 0 Å². The van der Waals surface area contributed by atoms with Crippen LogP contribution in [0, 0.1) is 16.2 Å². The van der Waals surface area contributed by atoms with E-state index in [-0.39, 0.29) is 36.5 Å². The standard InChI is InChI=1S/3C8H5F6.Ga/c3*9-7(10,11)6(8(12,13)14)4-2-1-3-5-6;/h3*1-2,4H,5H2;. The normalized spacial score (nSPS) is 22.6. The van der Waals surface area contributed by atoms with Crippen LogP contribution in [0.25, 0.3) is 0 Å². The van der Waals surface area contributed by atoms with Crippen LogP contribution in [0.5, 0.6) is 0 Å². The molecular weight excluding hydrogens is 700 g/mol. The third kappa shape index (κ3) is 5.72. The molecule has 0 atom stereocenters. The summed E-state index contributed by atoms with van der Waals surface area (Å²) in [5.74, 6) is 0. The number of halogens is 18. The molecule has 0 aromatic heterocycles. The van der Waals surface area contributed by atoms with Crippen LogP contribution < -0.4 is 0 Å². The maximum atomic E-state index is 13.9. The van der Waals surface area contributed by atoms with Gasteiger partial charge in [-0.2, -0.15) is 0 Å². The number of rotatable bonds is 3. The Morgan fingerprint density at radius 3 is 0.721 bits per heavy atom. The van der Waals surface area contributed by atoms with Crippen molar-refractivity contribution in [3.8, 4) is 0 Å². The van der Waals surface area contributed by atoms with Crippen LogP contribution in [-0.2, 0) is 0 Å². The molecule has 0 aromatic carbocycles. The second-order valence-electron chi connectivity index (χ2n) is 10.2. The molecule has 0 fully saturated rings. The van der Waals surface area contributed by atoms with Crippen LogP contribution >= 0.6 is 0 Å². The fourth-order valence-corrected chi connectivity index (χ4v) is 13.5. The van der Waals surface area contributed by atoms with E-state index in [4.69, 9.17) is 0 Å². The Balaban J connectivity index is 2.30. The molecule has 0 saturated heterocycles. The van der Waals surface area contributed by atoms with Gasteiger partial charge in [0.2, 0.25) is 0 Å². The van der Waals surface area contributed by atoms with Gasteiger partial charge in [-0.3, -0.25) is 0 Å². The van der Waals surface area contributed by atoms with Crippen molar-refractivity contribution in [2.45, 2.75) is 56.3 Å². The minimum absolute atomic E-state index is 0.137. The fourth-order valence-electron chi connectivity index (χ4n) is 5.29. The molecule has 3 aliphatic rings. The van der Waals surface area contributed by atoms with Crippen molar-refractivity contribution in [1.82, 2.24) is 0 Å². The summed E-state index contributed by atoms with van der Waals surface area (Å²) in [5, 5.41) is 0. The van der Waals surface area contributed by atoms with E-state index in [1.807, 2.05) is 0 Å². The van der Waals surface area contributed by atoms with E-state index in [1.165, 1.54) is 0 Å². The second-order valence-corrected chi connectivity index (χ2v) is 16.7. The third-order valence-electron chi connectivity index (χ3n) is 7.67. The molecule has 0 bridgehead atoms. The summed E-state index contributed by atoms with van der Waals surface area (Å²) in [5.41, 5.74) is -14.3. The summed E-state index contributed by atoms with van der Waals surface area (Å²) < 4.78 is 246. The topological polar surface area (TPSA) is 0 Å². The van der Waals surface area contributed by atoms with Crippen LogP contribution in [0.1, 0.15) is 19.3 Å². The Morgan fingerprint density at radius 1 is 0.372 bits per heavy atom. The average Bonchev–Trinajstić information content (AvgIpc) is 2.80. The van der Waals surface area contributed by atoms with Crippen molar-refractivity contribution >= 4 is 16.2 Å². The van der Waals surface area contributed by atoms with Gasteiger partial charge in [0.05, 0.1) is 0 Å². The van der Waals surface area contributed by atoms with Crippen LogP contribution in [0.2, 0.25) is 0 Å². The summed E-state index contributed by atoms with van der Waals surface area (Å²) in [6.45, 7) is 0. The zero-order valence-corrected chi connectivity index (χ0v) is 23.1. The van der Waals surface area contributed by atoms with E-state index in [9.17, 15) is 79.0 Å². The van der Waals surface area contributed by atoms with Crippen molar-refractivity contribution < 1.29 is 79.0 Å². The summed E-state index contributed by atoms with van der Waals surface area (Å²) in [4.78, 5) is 0. The molecule has 19 heteroatoms. The fraction of sp³-hybridized carbons (Fsp3) is 0.500. The second kappa shape index (κ2) is 10.4. The van der Waals surface area contributed by atoms with Crippen molar-refractivity contribution in [1.29, 1.82) is 0 Å². The molecule has 0 spiro atoms. The minimum atomic E-state index is -6.18. The molecule has 0 heterocycles. The molecule has 0 aromatic rings. The Bertz CT molecular complexity index is 1070. The zero-order chi connectivity index (χ0) is 33.3. The predicted molar refractivity (Wildman–Crippen MR) is 115 cm³/mol. The Hall–Kier alpha value is -2.18. The van der Waals surface area contributed by atoms with Gasteiger partial charge in [-0.15, -0.1) is 0 Å². The van der Waals surface area contributed by atoms with Crippen LogP contribution in [0.4, 0.5) is 79.0 Å². The first-order valence-corrected chi connectivity index (χ1v) is 15.3. The molecule has 0 aliphatic heterocycles. The van der Waals surface area contributed by atoms with E-state index < -0.39 is 101 Å². The van der Waals surface area contributed by atoms with Gasteiger partial charge in [-0.1, -0.05) is 0 Å². The van der Waals surface area contributed by atoms with Gasteiger partial charge in [0.15, 0.2) is 0 Å². The predicted octanol–water partition coefficient (Wildman–Crippen LogP) is 10.1. The molecule has 0 saturated carbocycles. The van der Waals surface area contributed by atoms with Crippen molar-refractivity contribution in [3.05, 3.63) is 67.1 Å². The molecule has 0 unspecified atom stereocenters. The molecule has 3 rings (SSSR count). The van der Waals surface area contributed by atoms with E-state index in [1.54, 1.807) is 0 Å². The third-order valence-corrected chi connectivity index (χ3v) is 14.8. The molecule has 240 valence electrons. The van der Waals surface area contributed by atoms with Crippen molar-refractivity contribution in [2.24, 2.45) is 16.2 Å². The molecule has 43 heavy (non-hydrogen) atoms. The molecule has 0 amide bonds. The molecule has 0 radical (unpaired) electrons. The van der Waals surface area contributed by atoms with Gasteiger partial charge >= 0.3 is 235 Å². The Labute approximate surface area is 235 Å². The first-order valence-electron chi connectivity index (χ1n) is 11.6. The molecule has 0 nitrogen and oxygen atoms in total. The summed E-state index contributed by atoms with van der Waals surface area (Å²) >= 11 is -5.44. The van der Waals surface area contributed by atoms with Gasteiger partial charge in [0.1, 0.15) is 0 Å².